The molecular formula is C15H17NO6. The number of nitrogens with one attached hydrogen (secondary N) is 1. The summed E-state index contributed by atoms with van der Waals surface area (Å²) < 4.78 is 5.00. The lowest BCUT2D eigenvalue weighted by molar-refractivity contribution is 0.0534. The third-order valence-corrected chi connectivity index (χ3v) is 2.29. The van der Waals surface area contributed by atoms with Gasteiger partial charge in [0.15, 0.2) is 0 Å². The molecule has 7 heteroatoms. The van der Waals surface area contributed by atoms with Gasteiger partial charge in [0.05, 0.1) is 12.1 Å². The fourth-order valence-corrected chi connectivity index (χ4v) is 1.42. The number of rotatable bonds is 2. The summed E-state index contributed by atoms with van der Waals surface area (Å²) in [4.78, 5) is 22.2. The van der Waals surface area contributed by atoms with E-state index in [0.717, 1.165) is 12.1 Å². The summed E-state index contributed by atoms with van der Waals surface area (Å²) in [5.74, 6) is 2.81. The molecule has 22 heavy (non-hydrogen) atoms. The van der Waals surface area contributed by atoms with E-state index in [2.05, 4.69) is 17.2 Å². The van der Waals surface area contributed by atoms with Crippen molar-refractivity contribution in [1.29, 1.82) is 0 Å². The van der Waals surface area contributed by atoms with Crippen LogP contribution in [0.1, 0.15) is 36.7 Å². The smallest absolute Gasteiger partial charge is 0.408 e. The Morgan fingerprint density at radius 3 is 2.41 bits per heavy atom. The van der Waals surface area contributed by atoms with E-state index in [4.69, 9.17) is 9.84 Å². The summed E-state index contributed by atoms with van der Waals surface area (Å²) in [6.07, 6.45) is -0.636. The first-order valence-corrected chi connectivity index (χ1v) is 6.35. The molecule has 0 aromatic heterocycles. The number of carbonyl (C=O) groups excluding carboxylic acids is 1. The Kier molecular flexibility index (Phi) is 5.24. The van der Waals surface area contributed by atoms with Gasteiger partial charge in [0.1, 0.15) is 22.7 Å². The van der Waals surface area contributed by atoms with Crippen LogP contribution < -0.4 is 5.32 Å². The summed E-state index contributed by atoms with van der Waals surface area (Å²) in [6, 6.07) is 1.95. The van der Waals surface area contributed by atoms with Crippen molar-refractivity contribution in [3.05, 3.63) is 23.3 Å². The number of benzene rings is 1. The summed E-state index contributed by atoms with van der Waals surface area (Å²) in [6.45, 7) is 5.12. The second-order valence-electron chi connectivity index (χ2n) is 5.35. The number of aromatic carboxylic acids is 1. The maximum absolute atomic E-state index is 11.4. The van der Waals surface area contributed by atoms with Crippen molar-refractivity contribution in [2.45, 2.75) is 26.4 Å². The second-order valence-corrected chi connectivity index (χ2v) is 5.35. The average molecular weight is 307 g/mol. The molecule has 0 saturated carbocycles. The minimum Gasteiger partial charge on any atom is -0.507 e. The Bertz CT molecular complexity index is 648. The van der Waals surface area contributed by atoms with E-state index in [0.29, 0.717) is 0 Å². The topological polar surface area (TPSA) is 116 Å². The lowest BCUT2D eigenvalue weighted by atomic mass is 10.1. The molecule has 0 aliphatic carbocycles. The quantitative estimate of drug-likeness (QED) is 0.618. The molecule has 0 aliphatic rings. The Morgan fingerprint density at radius 2 is 1.86 bits per heavy atom. The van der Waals surface area contributed by atoms with Crippen molar-refractivity contribution in [1.82, 2.24) is 5.32 Å². The van der Waals surface area contributed by atoms with Crippen LogP contribution in [0.15, 0.2) is 12.1 Å². The highest BCUT2D eigenvalue weighted by molar-refractivity contribution is 5.91. The maximum Gasteiger partial charge on any atom is 0.408 e. The lowest BCUT2D eigenvalue weighted by Crippen LogP contribution is -2.32. The summed E-state index contributed by atoms with van der Waals surface area (Å²) in [5, 5.41) is 30.2. The van der Waals surface area contributed by atoms with Gasteiger partial charge in [-0.25, -0.2) is 9.59 Å². The molecular weight excluding hydrogens is 290 g/mol. The number of phenols is 2. The number of hydrogen-bond acceptors (Lipinski definition) is 5. The fourth-order valence-electron chi connectivity index (χ4n) is 1.42. The summed E-state index contributed by atoms with van der Waals surface area (Å²) in [5.41, 5.74) is -0.966. The first-order valence-electron chi connectivity index (χ1n) is 6.35. The van der Waals surface area contributed by atoms with Gasteiger partial charge >= 0.3 is 12.1 Å². The van der Waals surface area contributed by atoms with Gasteiger partial charge in [0.25, 0.3) is 0 Å². The van der Waals surface area contributed by atoms with Crippen LogP contribution in [0.25, 0.3) is 0 Å². The predicted octanol–water partition coefficient (Wildman–Crippen LogP) is 1.67. The van der Waals surface area contributed by atoms with Gasteiger partial charge in [0.2, 0.25) is 0 Å². The first kappa shape index (κ1) is 17.2. The monoisotopic (exact) mass is 307 g/mol. The zero-order chi connectivity index (χ0) is 16.9. The van der Waals surface area contributed by atoms with E-state index in [1.165, 1.54) is 0 Å². The van der Waals surface area contributed by atoms with Crippen LogP contribution in [0.3, 0.4) is 0 Å². The Balaban J connectivity index is 2.75. The number of ether oxygens (including phenoxy) is 1. The van der Waals surface area contributed by atoms with Crippen molar-refractivity contribution < 1.29 is 29.6 Å². The summed E-state index contributed by atoms with van der Waals surface area (Å²) in [7, 11) is 0. The largest absolute Gasteiger partial charge is 0.507 e. The van der Waals surface area contributed by atoms with Crippen molar-refractivity contribution in [3.8, 4) is 23.3 Å². The van der Waals surface area contributed by atoms with Gasteiger partial charge in [-0.1, -0.05) is 11.8 Å². The molecule has 1 aromatic carbocycles. The molecule has 0 heterocycles. The van der Waals surface area contributed by atoms with E-state index in [-0.39, 0.29) is 23.4 Å². The zero-order valence-electron chi connectivity index (χ0n) is 12.4. The predicted molar refractivity (Wildman–Crippen MR) is 77.8 cm³/mol. The van der Waals surface area contributed by atoms with Gasteiger partial charge in [-0.05, 0) is 26.8 Å². The second kappa shape index (κ2) is 6.72. The summed E-state index contributed by atoms with van der Waals surface area (Å²) >= 11 is 0. The molecule has 0 radical (unpaired) electrons. The number of phenolic OH excluding ortho intramolecular Hbond substituents is 1. The number of carboxylic acid groups (broad SMARTS) is 1. The molecule has 118 valence electrons. The van der Waals surface area contributed by atoms with Gasteiger partial charge in [-0.2, -0.15) is 0 Å². The van der Waals surface area contributed by atoms with Crippen molar-refractivity contribution in [2.75, 3.05) is 6.54 Å². The van der Waals surface area contributed by atoms with E-state index in [1.807, 2.05) is 0 Å². The highest BCUT2D eigenvalue weighted by Gasteiger charge is 2.15. The van der Waals surface area contributed by atoms with Crippen LogP contribution in [0.2, 0.25) is 0 Å². The molecule has 0 aliphatic heterocycles. The van der Waals surface area contributed by atoms with Crippen LogP contribution in [0.5, 0.6) is 11.5 Å². The van der Waals surface area contributed by atoms with Crippen LogP contribution in [-0.4, -0.2) is 39.5 Å². The Labute approximate surface area is 127 Å². The zero-order valence-corrected chi connectivity index (χ0v) is 12.4. The van der Waals surface area contributed by atoms with Gasteiger partial charge in [-0.15, -0.1) is 0 Å². The molecule has 0 atom stereocenters. The molecule has 0 bridgehead atoms. The minimum atomic E-state index is -1.34. The molecule has 4 N–H and O–H groups in total. The SMILES string of the molecule is CC(C)(C)OC(=O)NCC#Cc1cc(C(=O)O)c(O)cc1O. The van der Waals surface area contributed by atoms with Crippen molar-refractivity contribution in [2.24, 2.45) is 0 Å². The minimum absolute atomic E-state index is 0.0289. The normalized spacial score (nSPS) is 10.3. The van der Waals surface area contributed by atoms with Gasteiger partial charge in [0, 0.05) is 6.07 Å². The van der Waals surface area contributed by atoms with Gasteiger partial charge < -0.3 is 25.4 Å². The molecule has 0 saturated heterocycles. The molecule has 1 rings (SSSR count). The van der Waals surface area contributed by atoms with E-state index in [9.17, 15) is 19.8 Å². The van der Waals surface area contributed by atoms with E-state index >= 15 is 0 Å². The van der Waals surface area contributed by atoms with Crippen LogP contribution in [0, 0.1) is 11.8 Å². The van der Waals surface area contributed by atoms with Crippen molar-refractivity contribution >= 4 is 12.1 Å². The van der Waals surface area contributed by atoms with Crippen LogP contribution >= 0.6 is 0 Å². The number of aromatic hydroxyl groups is 2. The standard InChI is InChI=1S/C15H17NO6/c1-15(2,3)22-14(21)16-6-4-5-9-7-10(13(19)20)12(18)8-11(9)17/h7-8,17-18H,6H2,1-3H3,(H,16,21)(H,19,20). The molecule has 7 nitrogen and oxygen atoms in total. The molecule has 0 spiro atoms. The Hall–Kier alpha value is -2.88. The van der Waals surface area contributed by atoms with Crippen LogP contribution in [0.4, 0.5) is 4.79 Å². The molecule has 1 aromatic rings. The van der Waals surface area contributed by atoms with Gasteiger partial charge in [-0.3, -0.25) is 0 Å². The third-order valence-electron chi connectivity index (χ3n) is 2.29. The average Bonchev–Trinajstić information content (AvgIpc) is 2.33. The third kappa shape index (κ3) is 5.25. The number of alkyl carbamates (subject to hydrolysis) is 1. The van der Waals surface area contributed by atoms with Crippen molar-refractivity contribution in [3.63, 3.8) is 0 Å². The molecule has 1 amide bonds. The van der Waals surface area contributed by atoms with Crippen LogP contribution in [-0.2, 0) is 4.74 Å². The van der Waals surface area contributed by atoms with E-state index < -0.39 is 23.4 Å². The highest BCUT2D eigenvalue weighted by atomic mass is 16.6. The number of carboxylic acids is 1. The number of hydrogen-bond donors (Lipinski definition) is 4. The molecule has 0 fully saturated rings. The molecule has 0 unspecified atom stereocenters. The number of amides is 1. The number of carbonyl (C=O) groups is 2. The van der Waals surface area contributed by atoms with E-state index in [1.54, 1.807) is 20.8 Å². The maximum atomic E-state index is 11.4. The fraction of sp³-hybridized carbons (Fsp3) is 0.333. The Morgan fingerprint density at radius 1 is 1.23 bits per heavy atom. The lowest BCUT2D eigenvalue weighted by Gasteiger charge is -2.19. The first-order chi connectivity index (χ1) is 10.1. The highest BCUT2D eigenvalue weighted by Crippen LogP contribution is 2.26.